The minimum Gasteiger partial charge on any atom is -0.369 e. The van der Waals surface area contributed by atoms with Crippen molar-refractivity contribution in [2.45, 2.75) is 17.6 Å². The summed E-state index contributed by atoms with van der Waals surface area (Å²) in [7, 11) is 0. The summed E-state index contributed by atoms with van der Waals surface area (Å²) in [5, 5.41) is 3.87. The van der Waals surface area contributed by atoms with Gasteiger partial charge >= 0.3 is 0 Å². The van der Waals surface area contributed by atoms with Gasteiger partial charge in [0.2, 0.25) is 0 Å². The Morgan fingerprint density at radius 2 is 2.36 bits per heavy atom. The van der Waals surface area contributed by atoms with Crippen molar-refractivity contribution in [1.82, 2.24) is 4.98 Å². The van der Waals surface area contributed by atoms with E-state index in [4.69, 9.17) is 11.6 Å². The van der Waals surface area contributed by atoms with Crippen molar-refractivity contribution in [1.29, 1.82) is 0 Å². The average molecular weight is 229 g/mol. The van der Waals surface area contributed by atoms with E-state index in [2.05, 4.69) is 16.6 Å². The highest BCUT2D eigenvalue weighted by atomic mass is 35.5. The van der Waals surface area contributed by atoms with E-state index in [0.29, 0.717) is 9.90 Å². The fourth-order valence-electron chi connectivity index (χ4n) is 1.35. The molecule has 1 aliphatic rings. The van der Waals surface area contributed by atoms with Gasteiger partial charge in [-0.2, -0.15) is 11.8 Å². The second-order valence-electron chi connectivity index (χ2n) is 3.59. The number of halogens is 1. The predicted octanol–water partition coefficient (Wildman–Crippen LogP) is 3.04. The molecule has 76 valence electrons. The first-order valence-electron chi connectivity index (χ1n) is 4.66. The van der Waals surface area contributed by atoms with Crippen molar-refractivity contribution in [3.05, 3.63) is 23.4 Å². The Labute approximate surface area is 93.4 Å². The molecule has 0 bridgehead atoms. The van der Waals surface area contributed by atoms with Crippen molar-refractivity contribution >= 4 is 29.2 Å². The van der Waals surface area contributed by atoms with Gasteiger partial charge in [-0.3, -0.25) is 0 Å². The molecule has 4 heteroatoms. The number of pyridine rings is 1. The molecule has 1 aliphatic carbocycles. The molecule has 0 spiro atoms. The molecule has 0 saturated heterocycles. The fraction of sp³-hybridized carbons (Fsp3) is 0.500. The summed E-state index contributed by atoms with van der Waals surface area (Å²) in [6.45, 7) is 0.988. The van der Waals surface area contributed by atoms with Gasteiger partial charge in [-0.15, -0.1) is 0 Å². The number of rotatable bonds is 4. The van der Waals surface area contributed by atoms with Crippen LogP contribution in [0.3, 0.4) is 0 Å². The lowest BCUT2D eigenvalue weighted by Crippen LogP contribution is -2.17. The van der Waals surface area contributed by atoms with E-state index in [1.54, 1.807) is 6.07 Å². The van der Waals surface area contributed by atoms with Crippen LogP contribution >= 0.6 is 23.4 Å². The first kappa shape index (κ1) is 10.1. The van der Waals surface area contributed by atoms with Crippen LogP contribution in [0.1, 0.15) is 12.8 Å². The van der Waals surface area contributed by atoms with Crippen LogP contribution in [0.2, 0.25) is 5.15 Å². The molecule has 0 aromatic carbocycles. The normalized spacial score (nSPS) is 17.9. The van der Waals surface area contributed by atoms with Gasteiger partial charge in [0.15, 0.2) is 0 Å². The molecule has 1 aromatic heterocycles. The van der Waals surface area contributed by atoms with E-state index >= 15 is 0 Å². The number of aromatic nitrogens is 1. The van der Waals surface area contributed by atoms with Gasteiger partial charge in [0, 0.05) is 11.3 Å². The van der Waals surface area contributed by atoms with Crippen molar-refractivity contribution in [2.75, 3.05) is 18.1 Å². The molecule has 0 amide bonds. The molecule has 1 N–H and O–H groups in total. The Morgan fingerprint density at radius 1 is 1.57 bits per heavy atom. The number of hydrogen-bond acceptors (Lipinski definition) is 3. The van der Waals surface area contributed by atoms with Crippen LogP contribution in [-0.2, 0) is 0 Å². The van der Waals surface area contributed by atoms with Gasteiger partial charge in [0.1, 0.15) is 11.0 Å². The van der Waals surface area contributed by atoms with Crippen molar-refractivity contribution < 1.29 is 0 Å². The smallest absolute Gasteiger partial charge is 0.131 e. The second kappa shape index (κ2) is 3.99. The zero-order valence-corrected chi connectivity index (χ0v) is 9.66. The van der Waals surface area contributed by atoms with E-state index in [9.17, 15) is 0 Å². The quantitative estimate of drug-likeness (QED) is 0.802. The molecule has 0 aliphatic heterocycles. The number of nitrogens with zero attached hydrogens (tertiary/aromatic N) is 1. The van der Waals surface area contributed by atoms with Gasteiger partial charge < -0.3 is 5.32 Å². The topological polar surface area (TPSA) is 24.9 Å². The SMILES string of the molecule is CSC1(CNc2cccc(Cl)n2)CC1. The second-order valence-corrected chi connectivity index (χ2v) is 5.25. The lowest BCUT2D eigenvalue weighted by molar-refractivity contribution is 0.940. The highest BCUT2D eigenvalue weighted by molar-refractivity contribution is 8.00. The zero-order valence-electron chi connectivity index (χ0n) is 8.09. The summed E-state index contributed by atoms with van der Waals surface area (Å²) in [6.07, 6.45) is 4.78. The lowest BCUT2D eigenvalue weighted by atomic mass is 10.4. The third kappa shape index (κ3) is 2.34. The Morgan fingerprint density at radius 3 is 2.93 bits per heavy atom. The summed E-state index contributed by atoms with van der Waals surface area (Å²) in [5.41, 5.74) is 0. The molecule has 0 radical (unpaired) electrons. The standard InChI is InChI=1S/C10H13ClN2S/c1-14-10(5-6-10)7-12-9-4-2-3-8(11)13-9/h2-4H,5-7H2,1H3,(H,12,13). The van der Waals surface area contributed by atoms with Crippen LogP contribution in [0.5, 0.6) is 0 Å². The Hall–Kier alpha value is -0.410. The fourth-order valence-corrected chi connectivity index (χ4v) is 2.24. The highest BCUT2D eigenvalue weighted by Gasteiger charge is 2.41. The molecular formula is C10H13ClN2S. The highest BCUT2D eigenvalue weighted by Crippen LogP contribution is 2.46. The molecule has 1 fully saturated rings. The Kier molecular flexibility index (Phi) is 2.88. The molecule has 1 saturated carbocycles. The summed E-state index contributed by atoms with van der Waals surface area (Å²) < 4.78 is 0.462. The third-order valence-corrected chi connectivity index (χ3v) is 4.18. The van der Waals surface area contributed by atoms with Crippen molar-refractivity contribution in [3.8, 4) is 0 Å². The van der Waals surface area contributed by atoms with Gasteiger partial charge in [-0.1, -0.05) is 17.7 Å². The first-order chi connectivity index (χ1) is 6.74. The average Bonchev–Trinajstić information content (AvgIpc) is 2.96. The third-order valence-electron chi connectivity index (χ3n) is 2.55. The molecule has 14 heavy (non-hydrogen) atoms. The lowest BCUT2D eigenvalue weighted by Gasteiger charge is -2.13. The first-order valence-corrected chi connectivity index (χ1v) is 6.26. The zero-order chi connectivity index (χ0) is 10.0. The summed E-state index contributed by atoms with van der Waals surface area (Å²) in [4.78, 5) is 4.18. The monoisotopic (exact) mass is 228 g/mol. The van der Waals surface area contributed by atoms with Gasteiger partial charge in [0.25, 0.3) is 0 Å². The molecule has 0 unspecified atom stereocenters. The molecule has 1 aromatic rings. The van der Waals surface area contributed by atoms with Gasteiger partial charge in [0.05, 0.1) is 0 Å². The maximum atomic E-state index is 5.79. The molecular weight excluding hydrogens is 216 g/mol. The molecule has 2 rings (SSSR count). The number of anilines is 1. The number of hydrogen-bond donors (Lipinski definition) is 1. The van der Waals surface area contributed by atoms with Crippen LogP contribution in [0, 0.1) is 0 Å². The van der Waals surface area contributed by atoms with Gasteiger partial charge in [-0.05, 0) is 31.2 Å². The largest absolute Gasteiger partial charge is 0.369 e. The maximum absolute atomic E-state index is 5.79. The molecule has 0 atom stereocenters. The predicted molar refractivity (Wildman–Crippen MR) is 63.2 cm³/mol. The maximum Gasteiger partial charge on any atom is 0.131 e. The minimum atomic E-state index is 0.462. The van der Waals surface area contributed by atoms with Crippen molar-refractivity contribution in [2.24, 2.45) is 0 Å². The van der Waals surface area contributed by atoms with E-state index in [1.165, 1.54) is 12.8 Å². The van der Waals surface area contributed by atoms with Crippen LogP contribution in [0.15, 0.2) is 18.2 Å². The van der Waals surface area contributed by atoms with E-state index in [1.807, 2.05) is 23.9 Å². The minimum absolute atomic E-state index is 0.462. The summed E-state index contributed by atoms with van der Waals surface area (Å²) in [5.74, 6) is 0.873. The van der Waals surface area contributed by atoms with Crippen LogP contribution in [0.25, 0.3) is 0 Å². The Bertz CT molecular complexity index is 326. The molecule has 2 nitrogen and oxygen atoms in total. The van der Waals surface area contributed by atoms with Crippen LogP contribution in [-0.4, -0.2) is 22.5 Å². The van der Waals surface area contributed by atoms with E-state index in [0.717, 1.165) is 12.4 Å². The van der Waals surface area contributed by atoms with Crippen molar-refractivity contribution in [3.63, 3.8) is 0 Å². The summed E-state index contributed by atoms with van der Waals surface area (Å²) in [6, 6.07) is 5.65. The number of nitrogens with one attached hydrogen (secondary N) is 1. The Balaban J connectivity index is 1.92. The van der Waals surface area contributed by atoms with Crippen LogP contribution < -0.4 is 5.32 Å². The van der Waals surface area contributed by atoms with E-state index in [-0.39, 0.29) is 0 Å². The van der Waals surface area contributed by atoms with Crippen LogP contribution in [0.4, 0.5) is 5.82 Å². The number of thioether (sulfide) groups is 1. The molecule has 1 heterocycles. The summed E-state index contributed by atoms with van der Waals surface area (Å²) >= 11 is 7.73. The van der Waals surface area contributed by atoms with Gasteiger partial charge in [-0.25, -0.2) is 4.98 Å². The van der Waals surface area contributed by atoms with E-state index < -0.39 is 0 Å².